The third kappa shape index (κ3) is 17.9. The number of ether oxygens (including phenoxy) is 9. The van der Waals surface area contributed by atoms with Crippen LogP contribution in [0.2, 0.25) is 0 Å². The van der Waals surface area contributed by atoms with Crippen LogP contribution in [0.25, 0.3) is 102 Å². The van der Waals surface area contributed by atoms with Gasteiger partial charge in [0.2, 0.25) is 0 Å². The molecule has 8 bridgehead atoms. The van der Waals surface area contributed by atoms with Crippen LogP contribution in [0.5, 0.6) is 5.75 Å². The minimum Gasteiger partial charge on any atom is -0.481 e. The van der Waals surface area contributed by atoms with E-state index >= 15 is 0 Å². The SMILES string of the molecule is Cc1ccc(-c2c3nc(c(-c4ccc(C)cc4)c4ccc([nH]4)c(-c4cccc(OC(=O)CCC(=O)OCCOCCOCCOCCN5C(=O)c6ccc7c8c(ccc(c68)C5=O)C(=O)N(CCOCCOCCOCCOC(=O)CCC(=O)O)C7=O)c4)c4nc(c(-c5ccc(C)cc5)c5ccc2[nH]5)C=C4)C=C3)cc1. The molecular formula is C85H80N6O18. The zero-order valence-electron chi connectivity index (χ0n) is 60.5. The number of hydrogen-bond acceptors (Lipinski definition) is 19. The second-order valence-corrected chi connectivity index (χ2v) is 26.2. The smallest absolute Gasteiger partial charge is 0.311 e. The number of carboxylic acids is 1. The maximum Gasteiger partial charge on any atom is 0.311 e. The molecule has 0 atom stereocenters. The fraction of sp³-hybridized carbons (Fsp3) is 0.271. The number of aliphatic carboxylic acids is 1. The second-order valence-electron chi connectivity index (χ2n) is 26.2. The molecular weight excluding hydrogens is 1390 g/mol. The molecule has 4 aliphatic heterocycles. The summed E-state index contributed by atoms with van der Waals surface area (Å²) in [6, 6.07) is 46.9. The van der Waals surface area contributed by atoms with Gasteiger partial charge in [0, 0.05) is 77.3 Å². The highest BCUT2D eigenvalue weighted by atomic mass is 16.6. The number of nitrogens with one attached hydrogen (secondary N) is 2. The van der Waals surface area contributed by atoms with Crippen LogP contribution in [0, 0.1) is 20.8 Å². The van der Waals surface area contributed by atoms with E-state index < -0.39 is 47.5 Å². The molecule has 0 unspecified atom stereocenters. The quantitative estimate of drug-likeness (QED) is 0.0144. The van der Waals surface area contributed by atoms with Crippen LogP contribution in [0.15, 0.2) is 146 Å². The van der Waals surface area contributed by atoms with Crippen molar-refractivity contribution in [3.63, 3.8) is 0 Å². The van der Waals surface area contributed by atoms with Gasteiger partial charge in [-0.15, -0.1) is 0 Å². The summed E-state index contributed by atoms with van der Waals surface area (Å²) in [4.78, 5) is 124. The van der Waals surface area contributed by atoms with Crippen LogP contribution in [-0.2, 0) is 57.1 Å². The Bertz CT molecular complexity index is 5100. The molecule has 558 valence electrons. The minimum atomic E-state index is -1.09. The minimum absolute atomic E-state index is 0.00824. The Morgan fingerprint density at radius 2 is 0.670 bits per heavy atom. The number of H-pyrrole nitrogens is 2. The monoisotopic (exact) mass is 1470 g/mol. The molecule has 3 aromatic heterocycles. The van der Waals surface area contributed by atoms with Crippen molar-refractivity contribution in [1.29, 1.82) is 0 Å². The fourth-order valence-electron chi connectivity index (χ4n) is 13.2. The predicted octanol–water partition coefficient (Wildman–Crippen LogP) is 13.0. The van der Waals surface area contributed by atoms with Gasteiger partial charge in [0.05, 0.1) is 141 Å². The topological polar surface area (TPSA) is 304 Å². The van der Waals surface area contributed by atoms with Gasteiger partial charge in [-0.2, -0.15) is 0 Å². The number of aromatic amines is 2. The lowest BCUT2D eigenvalue weighted by molar-refractivity contribution is -0.149. The number of aryl methyl sites for hydroxylation is 3. The average molecular weight is 1470 g/mol. The normalized spacial score (nSPS) is 12.9. The number of aromatic nitrogens is 4. The number of fused-ring (bicyclic) bond motifs is 8. The summed E-state index contributed by atoms with van der Waals surface area (Å²) in [5, 5.41) is 9.13. The predicted molar refractivity (Wildman–Crippen MR) is 408 cm³/mol. The van der Waals surface area contributed by atoms with Crippen molar-refractivity contribution in [2.24, 2.45) is 0 Å². The summed E-state index contributed by atoms with van der Waals surface area (Å²) in [6.45, 7) is 7.76. The van der Waals surface area contributed by atoms with Gasteiger partial charge < -0.3 is 57.7 Å². The van der Waals surface area contributed by atoms with Gasteiger partial charge in [-0.1, -0.05) is 102 Å². The zero-order valence-corrected chi connectivity index (χ0v) is 60.5. The molecule has 7 heterocycles. The molecule has 4 aliphatic rings. The Hall–Kier alpha value is -11.9. The van der Waals surface area contributed by atoms with E-state index in [1.165, 1.54) is 24.3 Å². The Balaban J connectivity index is 0.560. The van der Waals surface area contributed by atoms with Gasteiger partial charge in [-0.3, -0.25) is 48.2 Å². The number of hydrogen-bond donors (Lipinski definition) is 3. The molecule has 3 N–H and O–H groups in total. The number of imide groups is 2. The Morgan fingerprint density at radius 3 is 1.02 bits per heavy atom. The van der Waals surface area contributed by atoms with E-state index in [9.17, 15) is 38.4 Å². The zero-order chi connectivity index (χ0) is 75.9. The van der Waals surface area contributed by atoms with Crippen molar-refractivity contribution in [3.05, 3.63) is 207 Å². The molecule has 0 saturated carbocycles. The van der Waals surface area contributed by atoms with Gasteiger partial charge >= 0.3 is 23.9 Å². The summed E-state index contributed by atoms with van der Waals surface area (Å²) in [6.07, 6.45) is 7.21. The van der Waals surface area contributed by atoms with Gasteiger partial charge in [0.1, 0.15) is 19.0 Å². The number of esters is 3. The Morgan fingerprint density at radius 1 is 0.358 bits per heavy atom. The van der Waals surface area contributed by atoms with Gasteiger partial charge in [-0.05, 0) is 128 Å². The number of carbonyl (C=O) groups excluding carboxylic acids is 7. The van der Waals surface area contributed by atoms with Crippen molar-refractivity contribution in [1.82, 2.24) is 29.7 Å². The molecule has 4 amide bonds. The van der Waals surface area contributed by atoms with Crippen molar-refractivity contribution in [2.75, 3.05) is 106 Å². The molecule has 24 nitrogen and oxygen atoms in total. The summed E-state index contributed by atoms with van der Waals surface area (Å²) < 4.78 is 49.5. The first-order valence-electron chi connectivity index (χ1n) is 36.0. The van der Waals surface area contributed by atoms with E-state index in [0.717, 1.165) is 110 Å². The number of carbonyl (C=O) groups is 8. The molecule has 0 fully saturated rings. The maximum absolute atomic E-state index is 13.8. The van der Waals surface area contributed by atoms with Crippen LogP contribution in [-0.4, -0.2) is 188 Å². The lowest BCUT2D eigenvalue weighted by Crippen LogP contribution is -2.45. The van der Waals surface area contributed by atoms with Gasteiger partial charge in [0.15, 0.2) is 0 Å². The molecule has 6 aromatic carbocycles. The van der Waals surface area contributed by atoms with Crippen LogP contribution < -0.4 is 4.74 Å². The summed E-state index contributed by atoms with van der Waals surface area (Å²) in [5.41, 5.74) is 17.7. The number of rotatable bonds is 35. The number of benzene rings is 6. The Kier molecular flexibility index (Phi) is 24.3. The largest absolute Gasteiger partial charge is 0.481 e. The van der Waals surface area contributed by atoms with Crippen molar-refractivity contribution in [2.45, 2.75) is 46.5 Å². The summed E-state index contributed by atoms with van der Waals surface area (Å²) in [5.74, 6) is -5.01. The van der Waals surface area contributed by atoms with E-state index in [1.54, 1.807) is 12.1 Å². The fourth-order valence-corrected chi connectivity index (χ4v) is 13.2. The number of carboxylic acid groups (broad SMARTS) is 1. The third-order valence-electron chi connectivity index (χ3n) is 18.7. The number of amides is 4. The summed E-state index contributed by atoms with van der Waals surface area (Å²) in [7, 11) is 0. The number of nitrogens with zero attached hydrogens (tertiary/aromatic N) is 4. The van der Waals surface area contributed by atoms with Crippen molar-refractivity contribution >= 4 is 105 Å². The third-order valence-corrected chi connectivity index (χ3v) is 18.7. The highest BCUT2D eigenvalue weighted by Crippen LogP contribution is 2.41. The Labute approximate surface area is 627 Å². The maximum atomic E-state index is 13.8. The van der Waals surface area contributed by atoms with Crippen LogP contribution >= 0.6 is 0 Å². The van der Waals surface area contributed by atoms with Crippen LogP contribution in [0.3, 0.4) is 0 Å². The molecule has 0 spiro atoms. The van der Waals surface area contributed by atoms with Crippen molar-refractivity contribution < 1.29 is 86.1 Å². The van der Waals surface area contributed by atoms with Crippen molar-refractivity contribution in [3.8, 4) is 50.3 Å². The molecule has 0 aliphatic carbocycles. The van der Waals surface area contributed by atoms with Gasteiger partial charge in [-0.25, -0.2) is 9.97 Å². The lowest BCUT2D eigenvalue weighted by atomic mass is 9.86. The van der Waals surface area contributed by atoms with E-state index in [1.807, 2.05) is 30.4 Å². The average Bonchev–Trinajstić information content (AvgIpc) is 1.51. The first-order chi connectivity index (χ1) is 53.0. The van der Waals surface area contributed by atoms with Crippen LogP contribution in [0.1, 0.15) is 107 Å². The van der Waals surface area contributed by atoms with E-state index in [-0.39, 0.29) is 170 Å². The molecule has 0 saturated heterocycles. The van der Waals surface area contributed by atoms with Gasteiger partial charge in [0.25, 0.3) is 23.6 Å². The van der Waals surface area contributed by atoms with Crippen LogP contribution in [0.4, 0.5) is 0 Å². The van der Waals surface area contributed by atoms with E-state index in [2.05, 4.69) is 134 Å². The molecule has 0 radical (unpaired) electrons. The molecule has 109 heavy (non-hydrogen) atoms. The standard InChI is InChI=1S/C85H80N6O18/c1-52-7-13-55(14-8-52)76-64-23-25-66(86-64)77(56-15-9-53(2)10-16-56)68-27-29-70(88-68)79(71-30-28-69(89-71)78(67-26-24-65(76)87-67)57-17-11-54(3)12-18-57)58-5-4-6-59(51-58)109-75(96)34-33-74(95)108-50-48-106-46-44-104-42-40-102-38-36-91-84(99)62-21-19-60-80-61(20-22-63(81(62)80)85(91)100)83(98)90(82(60)97)35-37-101-39-41-103-43-45-105-47-49-107-73(94)32-31-72(92)93/h4-30,51,86,89H,31-50H2,1-3H3,(H,92,93). The highest BCUT2D eigenvalue weighted by Gasteiger charge is 2.40. The first kappa shape index (κ1) is 75.3. The first-order valence-corrected chi connectivity index (χ1v) is 36.0. The highest BCUT2D eigenvalue weighted by molar-refractivity contribution is 6.33. The lowest BCUT2D eigenvalue weighted by Gasteiger charge is -2.31. The van der Waals surface area contributed by atoms with E-state index in [4.69, 9.17) is 57.7 Å². The summed E-state index contributed by atoms with van der Waals surface area (Å²) >= 11 is 0. The second kappa shape index (κ2) is 35.2. The molecule has 13 rings (SSSR count). The molecule has 24 heteroatoms. The van der Waals surface area contributed by atoms with E-state index in [0.29, 0.717) is 5.69 Å². The molecule has 9 aromatic rings.